The summed E-state index contributed by atoms with van der Waals surface area (Å²) in [6, 6.07) is 3.76. The van der Waals surface area contributed by atoms with Crippen molar-refractivity contribution in [1.29, 1.82) is 0 Å². The van der Waals surface area contributed by atoms with Crippen LogP contribution in [0.4, 0.5) is 0 Å². The Labute approximate surface area is 87.0 Å². The lowest BCUT2D eigenvalue weighted by Gasteiger charge is -2.02. The molecule has 4 N–H and O–H groups in total. The molecule has 0 spiro atoms. The Morgan fingerprint density at radius 3 is 3.00 bits per heavy atom. The number of imidazole rings is 1. The zero-order valence-corrected chi connectivity index (χ0v) is 8.09. The number of aromatic nitrogens is 3. The molecule has 0 bridgehead atoms. The number of rotatable bonds is 3. The highest BCUT2D eigenvalue weighted by atomic mass is 16.3. The van der Waals surface area contributed by atoms with Crippen molar-refractivity contribution in [2.75, 3.05) is 6.54 Å². The largest absolute Gasteiger partial charge is 0.384 e. The van der Waals surface area contributed by atoms with Gasteiger partial charge >= 0.3 is 0 Å². The maximum absolute atomic E-state index is 9.46. The molecule has 0 radical (unpaired) electrons. The predicted octanol–water partition coefficient (Wildman–Crippen LogP) is 0.464. The maximum Gasteiger partial charge on any atom is 0.136 e. The Kier molecular flexibility index (Phi) is 2.75. The van der Waals surface area contributed by atoms with Gasteiger partial charge in [0.15, 0.2) is 0 Å². The number of H-pyrrole nitrogens is 1. The first-order chi connectivity index (χ1) is 7.31. The molecule has 0 aliphatic heterocycles. The van der Waals surface area contributed by atoms with Crippen molar-refractivity contribution in [3.05, 3.63) is 36.5 Å². The lowest BCUT2D eigenvalue weighted by atomic mass is 10.2. The molecule has 0 saturated carbocycles. The van der Waals surface area contributed by atoms with E-state index in [1.54, 1.807) is 18.6 Å². The molecule has 0 saturated heterocycles. The first kappa shape index (κ1) is 9.82. The van der Waals surface area contributed by atoms with Crippen molar-refractivity contribution in [1.82, 2.24) is 15.0 Å². The minimum Gasteiger partial charge on any atom is -0.384 e. The van der Waals surface area contributed by atoms with Crippen molar-refractivity contribution in [3.8, 4) is 11.3 Å². The van der Waals surface area contributed by atoms with Crippen LogP contribution in [0.3, 0.4) is 0 Å². The predicted molar refractivity (Wildman–Crippen MR) is 55.8 cm³/mol. The molecule has 0 aliphatic carbocycles. The SMILES string of the molecule is NCC(O)c1ncc(-c2cccnc2)[nH]1. The minimum atomic E-state index is -0.740. The zero-order valence-electron chi connectivity index (χ0n) is 8.09. The van der Waals surface area contributed by atoms with Gasteiger partial charge in [-0.3, -0.25) is 4.98 Å². The topological polar surface area (TPSA) is 87.8 Å². The van der Waals surface area contributed by atoms with Gasteiger partial charge in [-0.05, 0) is 12.1 Å². The third kappa shape index (κ3) is 2.03. The summed E-state index contributed by atoms with van der Waals surface area (Å²) < 4.78 is 0. The average Bonchev–Trinajstić information content (AvgIpc) is 2.78. The lowest BCUT2D eigenvalue weighted by molar-refractivity contribution is 0.177. The van der Waals surface area contributed by atoms with Gasteiger partial charge in [-0.15, -0.1) is 0 Å². The van der Waals surface area contributed by atoms with Gasteiger partial charge in [0.25, 0.3) is 0 Å². The number of pyridine rings is 1. The Morgan fingerprint density at radius 2 is 2.33 bits per heavy atom. The molecule has 0 aliphatic rings. The van der Waals surface area contributed by atoms with Gasteiger partial charge < -0.3 is 15.8 Å². The highest BCUT2D eigenvalue weighted by Gasteiger charge is 2.09. The summed E-state index contributed by atoms with van der Waals surface area (Å²) in [6.07, 6.45) is 4.35. The second-order valence-corrected chi connectivity index (χ2v) is 3.18. The van der Waals surface area contributed by atoms with Crippen LogP contribution >= 0.6 is 0 Å². The number of aromatic amines is 1. The summed E-state index contributed by atoms with van der Waals surface area (Å²) in [5, 5.41) is 9.46. The first-order valence-corrected chi connectivity index (χ1v) is 4.64. The number of nitrogens with two attached hydrogens (primary N) is 1. The highest BCUT2D eigenvalue weighted by Crippen LogP contribution is 2.17. The van der Waals surface area contributed by atoms with Gasteiger partial charge in [-0.1, -0.05) is 0 Å². The van der Waals surface area contributed by atoms with E-state index in [-0.39, 0.29) is 6.54 Å². The lowest BCUT2D eigenvalue weighted by Crippen LogP contribution is -2.12. The second-order valence-electron chi connectivity index (χ2n) is 3.18. The monoisotopic (exact) mass is 204 g/mol. The van der Waals surface area contributed by atoms with Crippen LogP contribution < -0.4 is 5.73 Å². The first-order valence-electron chi connectivity index (χ1n) is 4.64. The molecule has 1 unspecified atom stereocenters. The van der Waals surface area contributed by atoms with Gasteiger partial charge in [0, 0.05) is 24.5 Å². The van der Waals surface area contributed by atoms with Crippen molar-refractivity contribution in [2.24, 2.45) is 5.73 Å². The van der Waals surface area contributed by atoms with E-state index in [0.717, 1.165) is 11.3 Å². The molecular formula is C10H12N4O. The molecule has 2 aromatic heterocycles. The van der Waals surface area contributed by atoms with Crippen LogP contribution in [-0.2, 0) is 0 Å². The molecule has 1 atom stereocenters. The molecule has 5 nitrogen and oxygen atoms in total. The van der Waals surface area contributed by atoms with E-state index < -0.39 is 6.10 Å². The third-order valence-electron chi connectivity index (χ3n) is 2.11. The fourth-order valence-electron chi connectivity index (χ4n) is 1.29. The summed E-state index contributed by atoms with van der Waals surface area (Å²) in [5.74, 6) is 0.483. The standard InChI is InChI=1S/C10H12N4O/c11-4-9(15)10-13-6-8(14-10)7-2-1-3-12-5-7/h1-3,5-6,9,15H,4,11H2,(H,13,14). The zero-order chi connectivity index (χ0) is 10.7. The molecule has 0 fully saturated rings. The van der Waals surface area contributed by atoms with Gasteiger partial charge in [-0.2, -0.15) is 0 Å². The molecule has 15 heavy (non-hydrogen) atoms. The number of nitrogens with zero attached hydrogens (tertiary/aromatic N) is 2. The van der Waals surface area contributed by atoms with Crippen LogP contribution in [0.1, 0.15) is 11.9 Å². The number of aliphatic hydroxyl groups is 1. The number of aliphatic hydroxyl groups excluding tert-OH is 1. The Balaban J connectivity index is 2.28. The van der Waals surface area contributed by atoms with Crippen molar-refractivity contribution in [2.45, 2.75) is 6.10 Å². The summed E-state index contributed by atoms with van der Waals surface area (Å²) in [6.45, 7) is 0.153. The second kappa shape index (κ2) is 4.20. The molecule has 5 heteroatoms. The molecule has 2 aromatic rings. The summed E-state index contributed by atoms with van der Waals surface area (Å²) in [5.41, 5.74) is 7.09. The van der Waals surface area contributed by atoms with Crippen LogP contribution in [-0.4, -0.2) is 26.6 Å². The molecule has 0 amide bonds. The minimum absolute atomic E-state index is 0.153. The maximum atomic E-state index is 9.46. The average molecular weight is 204 g/mol. The molecular weight excluding hydrogens is 192 g/mol. The molecule has 2 rings (SSSR count). The van der Waals surface area contributed by atoms with Gasteiger partial charge in [-0.25, -0.2) is 4.98 Å². The van der Waals surface area contributed by atoms with Crippen LogP contribution in [0.15, 0.2) is 30.7 Å². The van der Waals surface area contributed by atoms with Crippen molar-refractivity contribution in [3.63, 3.8) is 0 Å². The molecule has 0 aromatic carbocycles. The van der Waals surface area contributed by atoms with E-state index in [0.29, 0.717) is 5.82 Å². The van der Waals surface area contributed by atoms with Gasteiger partial charge in [0.05, 0.1) is 11.9 Å². The Bertz CT molecular complexity index is 426. The van der Waals surface area contributed by atoms with Crippen molar-refractivity contribution < 1.29 is 5.11 Å². The van der Waals surface area contributed by atoms with Crippen LogP contribution in [0.2, 0.25) is 0 Å². The quantitative estimate of drug-likeness (QED) is 0.678. The van der Waals surface area contributed by atoms with Gasteiger partial charge in [0.1, 0.15) is 11.9 Å². The smallest absolute Gasteiger partial charge is 0.136 e. The number of nitrogens with one attached hydrogen (secondary N) is 1. The Hall–Kier alpha value is -1.72. The highest BCUT2D eigenvalue weighted by molar-refractivity contribution is 5.56. The summed E-state index contributed by atoms with van der Waals surface area (Å²) >= 11 is 0. The van der Waals surface area contributed by atoms with Crippen molar-refractivity contribution >= 4 is 0 Å². The van der Waals surface area contributed by atoms with E-state index in [1.165, 1.54) is 0 Å². The number of hydrogen-bond donors (Lipinski definition) is 3. The number of hydrogen-bond acceptors (Lipinski definition) is 4. The van der Waals surface area contributed by atoms with E-state index in [2.05, 4.69) is 15.0 Å². The Morgan fingerprint density at radius 1 is 1.47 bits per heavy atom. The van der Waals surface area contributed by atoms with E-state index >= 15 is 0 Å². The molecule has 2 heterocycles. The van der Waals surface area contributed by atoms with Crippen LogP contribution in [0, 0.1) is 0 Å². The fraction of sp³-hybridized carbons (Fsp3) is 0.200. The van der Waals surface area contributed by atoms with Crippen LogP contribution in [0.25, 0.3) is 11.3 Å². The van der Waals surface area contributed by atoms with E-state index in [9.17, 15) is 5.11 Å². The van der Waals surface area contributed by atoms with Crippen LogP contribution in [0.5, 0.6) is 0 Å². The van der Waals surface area contributed by atoms with Gasteiger partial charge in [0.2, 0.25) is 0 Å². The van der Waals surface area contributed by atoms with E-state index in [4.69, 9.17) is 5.73 Å². The molecule has 78 valence electrons. The summed E-state index contributed by atoms with van der Waals surface area (Å²) in [7, 11) is 0. The normalized spacial score (nSPS) is 12.7. The third-order valence-corrected chi connectivity index (χ3v) is 2.11. The summed E-state index contributed by atoms with van der Waals surface area (Å²) in [4.78, 5) is 11.0. The fourth-order valence-corrected chi connectivity index (χ4v) is 1.29. The van der Waals surface area contributed by atoms with E-state index in [1.807, 2.05) is 12.1 Å².